The quantitative estimate of drug-likeness (QED) is 0.542. The van der Waals surface area contributed by atoms with Gasteiger partial charge in [-0.1, -0.05) is 48.5 Å². The van der Waals surface area contributed by atoms with Gasteiger partial charge in [-0.2, -0.15) is 0 Å². The molecule has 0 atom stereocenters. The Bertz CT molecular complexity index is 1150. The molecule has 0 heterocycles. The zero-order valence-corrected chi connectivity index (χ0v) is 15.2. The zero-order chi connectivity index (χ0) is 18.8. The van der Waals surface area contributed by atoms with Crippen LogP contribution in [0.4, 0.5) is 5.69 Å². The zero-order valence-electron chi connectivity index (χ0n) is 15.2. The standard InChI is InChI=1S/C23H19NO3/c1-26-21-12-11-20(17-9-5-6-10-18(17)21)24-23(25)19-13-15-7-3-4-8-16(15)14-22(19)27-2/h3-14H,1-2H3,(H,24,25). The molecule has 0 unspecified atom stereocenters. The van der Waals surface area contributed by atoms with Crippen molar-refractivity contribution >= 4 is 33.1 Å². The van der Waals surface area contributed by atoms with Gasteiger partial charge in [-0.25, -0.2) is 0 Å². The van der Waals surface area contributed by atoms with Crippen molar-refractivity contribution in [1.82, 2.24) is 0 Å². The van der Waals surface area contributed by atoms with Crippen LogP contribution in [-0.4, -0.2) is 20.1 Å². The van der Waals surface area contributed by atoms with Crippen LogP contribution >= 0.6 is 0 Å². The molecule has 0 radical (unpaired) electrons. The number of ether oxygens (including phenoxy) is 2. The van der Waals surface area contributed by atoms with Crippen LogP contribution in [0.15, 0.2) is 72.8 Å². The molecule has 27 heavy (non-hydrogen) atoms. The molecule has 0 aromatic heterocycles. The molecule has 0 aliphatic heterocycles. The van der Waals surface area contributed by atoms with Gasteiger partial charge in [0.05, 0.1) is 19.8 Å². The highest BCUT2D eigenvalue weighted by atomic mass is 16.5. The Morgan fingerprint density at radius 2 is 1.37 bits per heavy atom. The number of hydrogen-bond donors (Lipinski definition) is 1. The number of hydrogen-bond acceptors (Lipinski definition) is 3. The minimum absolute atomic E-state index is 0.215. The molecule has 0 spiro atoms. The summed E-state index contributed by atoms with van der Waals surface area (Å²) in [6.07, 6.45) is 0. The van der Waals surface area contributed by atoms with Crippen LogP contribution in [0.5, 0.6) is 11.5 Å². The number of rotatable bonds is 4. The highest BCUT2D eigenvalue weighted by molar-refractivity contribution is 6.12. The van der Waals surface area contributed by atoms with Gasteiger partial charge in [0.2, 0.25) is 0 Å². The fourth-order valence-electron chi connectivity index (χ4n) is 3.31. The Kier molecular flexibility index (Phi) is 4.38. The number of benzene rings is 4. The summed E-state index contributed by atoms with van der Waals surface area (Å²) >= 11 is 0. The third-order valence-corrected chi connectivity index (χ3v) is 4.66. The molecular formula is C23H19NO3. The van der Waals surface area contributed by atoms with Crippen LogP contribution in [0.3, 0.4) is 0 Å². The summed E-state index contributed by atoms with van der Waals surface area (Å²) in [6, 6.07) is 23.2. The molecule has 134 valence electrons. The summed E-state index contributed by atoms with van der Waals surface area (Å²) in [4.78, 5) is 13.0. The summed E-state index contributed by atoms with van der Waals surface area (Å²) in [5.41, 5.74) is 1.22. The second kappa shape index (κ2) is 7.00. The van der Waals surface area contributed by atoms with E-state index < -0.39 is 0 Å². The first kappa shape index (κ1) is 16.9. The molecule has 0 bridgehead atoms. The maximum atomic E-state index is 13.0. The van der Waals surface area contributed by atoms with Crippen LogP contribution in [-0.2, 0) is 0 Å². The average Bonchev–Trinajstić information content (AvgIpc) is 2.73. The van der Waals surface area contributed by atoms with Gasteiger partial charge < -0.3 is 14.8 Å². The predicted octanol–water partition coefficient (Wildman–Crippen LogP) is 5.26. The van der Waals surface area contributed by atoms with E-state index in [0.717, 1.165) is 33.0 Å². The third kappa shape index (κ3) is 3.06. The van der Waals surface area contributed by atoms with Gasteiger partial charge in [-0.05, 0) is 35.0 Å². The van der Waals surface area contributed by atoms with Crippen molar-refractivity contribution in [1.29, 1.82) is 0 Å². The smallest absolute Gasteiger partial charge is 0.259 e. The fraction of sp³-hybridized carbons (Fsp3) is 0.0870. The van der Waals surface area contributed by atoms with Crippen molar-refractivity contribution < 1.29 is 14.3 Å². The number of fused-ring (bicyclic) bond motifs is 2. The third-order valence-electron chi connectivity index (χ3n) is 4.66. The van der Waals surface area contributed by atoms with Crippen molar-refractivity contribution in [2.45, 2.75) is 0 Å². The second-order valence-corrected chi connectivity index (χ2v) is 6.21. The van der Waals surface area contributed by atoms with Crippen molar-refractivity contribution in [2.24, 2.45) is 0 Å². The largest absolute Gasteiger partial charge is 0.496 e. The van der Waals surface area contributed by atoms with Crippen LogP contribution in [0, 0.1) is 0 Å². The molecule has 4 aromatic rings. The number of anilines is 1. The SMILES string of the molecule is COc1cc2ccccc2cc1C(=O)Nc1ccc(OC)c2ccccc12. The van der Waals surface area contributed by atoms with Crippen LogP contribution in [0.1, 0.15) is 10.4 Å². The summed E-state index contributed by atoms with van der Waals surface area (Å²) in [5, 5.41) is 6.90. The van der Waals surface area contributed by atoms with E-state index in [1.54, 1.807) is 14.2 Å². The molecular weight excluding hydrogens is 338 g/mol. The van der Waals surface area contributed by atoms with Crippen LogP contribution in [0.25, 0.3) is 21.5 Å². The van der Waals surface area contributed by atoms with Gasteiger partial charge in [-0.3, -0.25) is 4.79 Å². The Balaban J connectivity index is 1.77. The highest BCUT2D eigenvalue weighted by Crippen LogP contribution is 2.32. The molecule has 1 N–H and O–H groups in total. The van der Waals surface area contributed by atoms with E-state index in [1.165, 1.54) is 0 Å². The van der Waals surface area contributed by atoms with Gasteiger partial charge in [0.25, 0.3) is 5.91 Å². The van der Waals surface area contributed by atoms with Crippen molar-refractivity contribution in [3.05, 3.63) is 78.4 Å². The monoisotopic (exact) mass is 357 g/mol. The van der Waals surface area contributed by atoms with Gasteiger partial charge in [0.15, 0.2) is 0 Å². The van der Waals surface area contributed by atoms with E-state index in [2.05, 4.69) is 5.32 Å². The summed E-state index contributed by atoms with van der Waals surface area (Å²) in [7, 11) is 3.21. The summed E-state index contributed by atoms with van der Waals surface area (Å²) in [5.74, 6) is 1.10. The first-order chi connectivity index (χ1) is 13.2. The Morgan fingerprint density at radius 3 is 2.07 bits per heavy atom. The summed E-state index contributed by atoms with van der Waals surface area (Å²) < 4.78 is 10.9. The lowest BCUT2D eigenvalue weighted by Crippen LogP contribution is -2.13. The summed E-state index contributed by atoms with van der Waals surface area (Å²) in [6.45, 7) is 0. The molecule has 4 aromatic carbocycles. The second-order valence-electron chi connectivity index (χ2n) is 6.21. The van der Waals surface area contributed by atoms with E-state index in [4.69, 9.17) is 9.47 Å². The van der Waals surface area contributed by atoms with E-state index >= 15 is 0 Å². The maximum absolute atomic E-state index is 13.0. The average molecular weight is 357 g/mol. The van der Waals surface area contributed by atoms with E-state index in [-0.39, 0.29) is 5.91 Å². The number of methoxy groups -OCH3 is 2. The molecule has 0 aliphatic carbocycles. The molecule has 0 fully saturated rings. The van der Waals surface area contributed by atoms with Gasteiger partial charge in [-0.15, -0.1) is 0 Å². The van der Waals surface area contributed by atoms with E-state index in [0.29, 0.717) is 11.3 Å². The number of carbonyl (C=O) groups is 1. The van der Waals surface area contributed by atoms with E-state index in [9.17, 15) is 4.79 Å². The normalized spacial score (nSPS) is 10.7. The molecule has 0 saturated carbocycles. The Hall–Kier alpha value is -3.53. The lowest BCUT2D eigenvalue weighted by atomic mass is 10.0. The predicted molar refractivity (Wildman–Crippen MR) is 109 cm³/mol. The van der Waals surface area contributed by atoms with Gasteiger partial charge in [0, 0.05) is 16.5 Å². The highest BCUT2D eigenvalue weighted by Gasteiger charge is 2.16. The molecule has 1 amide bonds. The maximum Gasteiger partial charge on any atom is 0.259 e. The molecule has 0 aliphatic rings. The Labute approximate surface area is 157 Å². The Morgan fingerprint density at radius 1 is 0.741 bits per heavy atom. The first-order valence-corrected chi connectivity index (χ1v) is 8.65. The van der Waals surface area contributed by atoms with Crippen molar-refractivity contribution in [3.63, 3.8) is 0 Å². The van der Waals surface area contributed by atoms with E-state index in [1.807, 2.05) is 72.8 Å². The molecule has 4 rings (SSSR count). The number of nitrogens with one attached hydrogen (secondary N) is 1. The molecule has 4 nitrogen and oxygen atoms in total. The topological polar surface area (TPSA) is 47.6 Å². The van der Waals surface area contributed by atoms with Gasteiger partial charge >= 0.3 is 0 Å². The van der Waals surface area contributed by atoms with Crippen molar-refractivity contribution in [2.75, 3.05) is 19.5 Å². The van der Waals surface area contributed by atoms with Crippen LogP contribution < -0.4 is 14.8 Å². The number of amides is 1. The lowest BCUT2D eigenvalue weighted by molar-refractivity contribution is 0.102. The lowest BCUT2D eigenvalue weighted by Gasteiger charge is -2.14. The van der Waals surface area contributed by atoms with Gasteiger partial charge in [0.1, 0.15) is 11.5 Å². The molecule has 4 heteroatoms. The minimum atomic E-state index is -0.215. The minimum Gasteiger partial charge on any atom is -0.496 e. The van der Waals surface area contributed by atoms with Crippen LogP contribution in [0.2, 0.25) is 0 Å². The first-order valence-electron chi connectivity index (χ1n) is 8.65. The number of carbonyl (C=O) groups excluding carboxylic acids is 1. The fourth-order valence-corrected chi connectivity index (χ4v) is 3.31. The molecule has 0 saturated heterocycles. The van der Waals surface area contributed by atoms with Crippen molar-refractivity contribution in [3.8, 4) is 11.5 Å².